The summed E-state index contributed by atoms with van der Waals surface area (Å²) in [5, 5.41) is 2.95. The number of nitrogens with zero attached hydrogens (tertiary/aromatic N) is 1. The highest BCUT2D eigenvalue weighted by Gasteiger charge is 2.32. The van der Waals surface area contributed by atoms with Crippen molar-refractivity contribution in [1.29, 1.82) is 0 Å². The molecule has 2 atom stereocenters. The first kappa shape index (κ1) is 21.3. The van der Waals surface area contributed by atoms with Gasteiger partial charge in [0.2, 0.25) is 5.91 Å². The molecule has 1 saturated carbocycles. The zero-order chi connectivity index (χ0) is 17.7. The number of anilines is 1. The molecule has 0 aromatic heterocycles. The molecule has 2 rings (SSSR count). The van der Waals surface area contributed by atoms with E-state index in [1.54, 1.807) is 32.3 Å². The van der Waals surface area contributed by atoms with E-state index in [0.717, 1.165) is 19.3 Å². The SMILES string of the molecule is CCOc1cc(C(=O)N(C)C)ccc1NC(=O)[C@@H]1CCC[C@@H]1CN.Cl. The molecular weight excluding hydrogens is 342 g/mol. The van der Waals surface area contributed by atoms with Crippen LogP contribution in [0.2, 0.25) is 0 Å². The van der Waals surface area contributed by atoms with Gasteiger partial charge in [0.1, 0.15) is 5.75 Å². The van der Waals surface area contributed by atoms with Crippen molar-refractivity contribution in [2.24, 2.45) is 17.6 Å². The van der Waals surface area contributed by atoms with Crippen LogP contribution in [-0.2, 0) is 4.79 Å². The van der Waals surface area contributed by atoms with Crippen LogP contribution in [0.25, 0.3) is 0 Å². The molecule has 0 aliphatic heterocycles. The maximum Gasteiger partial charge on any atom is 0.253 e. The van der Waals surface area contributed by atoms with E-state index in [-0.39, 0.29) is 36.1 Å². The Morgan fingerprint density at radius 3 is 2.64 bits per heavy atom. The van der Waals surface area contributed by atoms with E-state index in [9.17, 15) is 9.59 Å². The fraction of sp³-hybridized carbons (Fsp3) is 0.556. The lowest BCUT2D eigenvalue weighted by Gasteiger charge is -2.19. The molecular formula is C18H28ClN3O3. The van der Waals surface area contributed by atoms with Crippen molar-refractivity contribution in [3.8, 4) is 5.75 Å². The van der Waals surface area contributed by atoms with Crippen molar-refractivity contribution in [3.05, 3.63) is 23.8 Å². The van der Waals surface area contributed by atoms with Crippen molar-refractivity contribution in [2.45, 2.75) is 26.2 Å². The third-order valence-electron chi connectivity index (χ3n) is 4.49. The average Bonchev–Trinajstić information content (AvgIpc) is 3.04. The molecule has 0 saturated heterocycles. The minimum atomic E-state index is -0.104. The average molecular weight is 370 g/mol. The van der Waals surface area contributed by atoms with Crippen LogP contribution >= 0.6 is 12.4 Å². The first-order valence-corrected chi connectivity index (χ1v) is 8.47. The first-order chi connectivity index (χ1) is 11.5. The lowest BCUT2D eigenvalue weighted by Crippen LogP contribution is -2.30. The van der Waals surface area contributed by atoms with Crippen molar-refractivity contribution in [2.75, 3.05) is 32.6 Å². The number of rotatable bonds is 6. The molecule has 0 bridgehead atoms. The lowest BCUT2D eigenvalue weighted by atomic mass is 9.95. The summed E-state index contributed by atoms with van der Waals surface area (Å²) in [5.41, 5.74) is 6.89. The number of amides is 2. The number of benzene rings is 1. The minimum absolute atomic E-state index is 0. The Balaban J connectivity index is 0.00000312. The van der Waals surface area contributed by atoms with Gasteiger partial charge in [-0.05, 0) is 50.4 Å². The van der Waals surface area contributed by atoms with Gasteiger partial charge in [0.15, 0.2) is 0 Å². The molecule has 1 aromatic rings. The molecule has 0 spiro atoms. The summed E-state index contributed by atoms with van der Waals surface area (Å²) < 4.78 is 5.61. The van der Waals surface area contributed by atoms with Crippen LogP contribution in [0, 0.1) is 11.8 Å². The van der Waals surface area contributed by atoms with Crippen LogP contribution in [0.15, 0.2) is 18.2 Å². The number of carbonyl (C=O) groups excluding carboxylic acids is 2. The van der Waals surface area contributed by atoms with Crippen LogP contribution in [0.4, 0.5) is 5.69 Å². The van der Waals surface area contributed by atoms with E-state index in [1.165, 1.54) is 4.90 Å². The molecule has 140 valence electrons. The zero-order valence-corrected chi connectivity index (χ0v) is 15.9. The largest absolute Gasteiger partial charge is 0.492 e. The van der Waals surface area contributed by atoms with Gasteiger partial charge < -0.3 is 20.7 Å². The number of nitrogens with two attached hydrogens (primary N) is 1. The van der Waals surface area contributed by atoms with E-state index in [1.807, 2.05) is 6.92 Å². The second kappa shape index (κ2) is 9.63. The second-order valence-corrected chi connectivity index (χ2v) is 6.37. The molecule has 6 nitrogen and oxygen atoms in total. The molecule has 0 unspecified atom stereocenters. The molecule has 25 heavy (non-hydrogen) atoms. The van der Waals surface area contributed by atoms with Gasteiger partial charge in [-0.1, -0.05) is 6.42 Å². The summed E-state index contributed by atoms with van der Waals surface area (Å²) in [5.74, 6) is 0.590. The number of nitrogens with one attached hydrogen (secondary N) is 1. The van der Waals surface area contributed by atoms with E-state index in [4.69, 9.17) is 10.5 Å². The van der Waals surface area contributed by atoms with Gasteiger partial charge in [0, 0.05) is 25.6 Å². The summed E-state index contributed by atoms with van der Waals surface area (Å²) >= 11 is 0. The van der Waals surface area contributed by atoms with Gasteiger partial charge in [-0.3, -0.25) is 9.59 Å². The van der Waals surface area contributed by atoms with E-state index in [0.29, 0.717) is 30.2 Å². The Bertz CT molecular complexity index is 607. The third-order valence-corrected chi connectivity index (χ3v) is 4.49. The van der Waals surface area contributed by atoms with Crippen molar-refractivity contribution < 1.29 is 14.3 Å². The van der Waals surface area contributed by atoms with Crippen molar-refractivity contribution in [1.82, 2.24) is 4.90 Å². The van der Waals surface area contributed by atoms with E-state index >= 15 is 0 Å². The summed E-state index contributed by atoms with van der Waals surface area (Å²) in [4.78, 5) is 26.2. The number of halogens is 1. The fourth-order valence-electron chi connectivity index (χ4n) is 3.18. The van der Waals surface area contributed by atoms with Gasteiger partial charge in [-0.2, -0.15) is 0 Å². The quantitative estimate of drug-likeness (QED) is 0.806. The normalized spacial score (nSPS) is 19.0. The Hall–Kier alpha value is -1.79. The molecule has 1 aliphatic carbocycles. The highest BCUT2D eigenvalue weighted by Crippen LogP contribution is 2.33. The fourth-order valence-corrected chi connectivity index (χ4v) is 3.18. The lowest BCUT2D eigenvalue weighted by molar-refractivity contribution is -0.120. The number of hydrogen-bond donors (Lipinski definition) is 2. The van der Waals surface area contributed by atoms with Crippen LogP contribution in [-0.4, -0.2) is 44.0 Å². The number of carbonyl (C=O) groups is 2. The second-order valence-electron chi connectivity index (χ2n) is 6.37. The highest BCUT2D eigenvalue weighted by molar-refractivity contribution is 5.97. The molecule has 0 radical (unpaired) electrons. The van der Waals surface area contributed by atoms with Crippen molar-refractivity contribution >= 4 is 29.9 Å². The van der Waals surface area contributed by atoms with Gasteiger partial charge in [0.25, 0.3) is 5.91 Å². The van der Waals surface area contributed by atoms with Crippen LogP contribution in [0.5, 0.6) is 5.75 Å². The summed E-state index contributed by atoms with van der Waals surface area (Å²) in [6.07, 6.45) is 2.91. The monoisotopic (exact) mass is 369 g/mol. The first-order valence-electron chi connectivity index (χ1n) is 8.47. The maximum absolute atomic E-state index is 12.6. The van der Waals surface area contributed by atoms with Crippen LogP contribution < -0.4 is 15.8 Å². The zero-order valence-electron chi connectivity index (χ0n) is 15.1. The molecule has 0 heterocycles. The Kier molecular flexibility index (Phi) is 8.19. The van der Waals surface area contributed by atoms with Gasteiger partial charge in [-0.25, -0.2) is 0 Å². The number of hydrogen-bond acceptors (Lipinski definition) is 4. The molecule has 1 aliphatic rings. The van der Waals surface area contributed by atoms with E-state index < -0.39 is 0 Å². The topological polar surface area (TPSA) is 84.7 Å². The van der Waals surface area contributed by atoms with Gasteiger partial charge in [0.05, 0.1) is 12.3 Å². The Morgan fingerprint density at radius 2 is 2.04 bits per heavy atom. The number of ether oxygens (including phenoxy) is 1. The van der Waals surface area contributed by atoms with Crippen LogP contribution in [0.1, 0.15) is 36.5 Å². The molecule has 1 fully saturated rings. The maximum atomic E-state index is 12.6. The molecule has 3 N–H and O–H groups in total. The summed E-state index contributed by atoms with van der Waals surface area (Å²) in [6.45, 7) is 2.86. The van der Waals surface area contributed by atoms with Crippen LogP contribution in [0.3, 0.4) is 0 Å². The standard InChI is InChI=1S/C18H27N3O3.ClH/c1-4-24-16-10-12(18(23)21(2)3)8-9-15(16)20-17(22)14-7-5-6-13(14)11-19;/h8-10,13-14H,4-7,11,19H2,1-3H3,(H,20,22);1H/t13-,14-;/m1./s1. The Morgan fingerprint density at radius 1 is 1.32 bits per heavy atom. The summed E-state index contributed by atoms with van der Waals surface area (Å²) in [7, 11) is 3.40. The molecule has 1 aromatic carbocycles. The summed E-state index contributed by atoms with van der Waals surface area (Å²) in [6, 6.07) is 5.11. The van der Waals surface area contributed by atoms with E-state index in [2.05, 4.69) is 5.32 Å². The van der Waals surface area contributed by atoms with Gasteiger partial charge in [-0.15, -0.1) is 12.4 Å². The third kappa shape index (κ3) is 5.09. The van der Waals surface area contributed by atoms with Crippen molar-refractivity contribution in [3.63, 3.8) is 0 Å². The van der Waals surface area contributed by atoms with Gasteiger partial charge >= 0.3 is 0 Å². The molecule has 2 amide bonds. The predicted octanol–water partition coefficient (Wildman–Crippen LogP) is 2.52. The smallest absolute Gasteiger partial charge is 0.253 e. The molecule has 7 heteroatoms. The minimum Gasteiger partial charge on any atom is -0.492 e. The Labute approximate surface area is 155 Å². The predicted molar refractivity (Wildman–Crippen MR) is 101 cm³/mol. The highest BCUT2D eigenvalue weighted by atomic mass is 35.5.